The van der Waals surface area contributed by atoms with Crippen LogP contribution in [0.5, 0.6) is 0 Å². The summed E-state index contributed by atoms with van der Waals surface area (Å²) in [4.78, 5) is 4.45. The molecule has 1 heterocycles. The second kappa shape index (κ2) is 5.30. The third kappa shape index (κ3) is 2.48. The van der Waals surface area contributed by atoms with Crippen LogP contribution in [-0.4, -0.2) is 4.98 Å². The van der Waals surface area contributed by atoms with Crippen LogP contribution < -0.4 is 0 Å². The van der Waals surface area contributed by atoms with Crippen molar-refractivity contribution < 1.29 is 0 Å². The van der Waals surface area contributed by atoms with Crippen LogP contribution in [0.1, 0.15) is 11.1 Å². The molecule has 0 aliphatic heterocycles. The summed E-state index contributed by atoms with van der Waals surface area (Å²) < 4.78 is 0. The van der Waals surface area contributed by atoms with Crippen molar-refractivity contribution >= 4 is 0 Å². The van der Waals surface area contributed by atoms with Crippen molar-refractivity contribution in [3.8, 4) is 22.4 Å². The predicted octanol–water partition coefficient (Wildman–Crippen LogP) is 5.03. The highest BCUT2D eigenvalue weighted by atomic mass is 14.7. The van der Waals surface area contributed by atoms with Gasteiger partial charge in [-0.15, -0.1) is 0 Å². The highest BCUT2D eigenvalue weighted by Crippen LogP contribution is 2.27. The molecule has 3 aromatic rings. The zero-order valence-corrected chi connectivity index (χ0v) is 11.8. The Labute approximate surface area is 119 Å². The highest BCUT2D eigenvalue weighted by Gasteiger charge is 2.05. The van der Waals surface area contributed by atoms with E-state index in [4.69, 9.17) is 0 Å². The monoisotopic (exact) mass is 259 g/mol. The van der Waals surface area contributed by atoms with Crippen molar-refractivity contribution in [1.82, 2.24) is 4.98 Å². The van der Waals surface area contributed by atoms with Crippen molar-refractivity contribution in [2.75, 3.05) is 0 Å². The number of rotatable bonds is 2. The molecule has 1 aromatic heterocycles. The normalized spacial score (nSPS) is 10.5. The zero-order valence-electron chi connectivity index (χ0n) is 11.8. The summed E-state index contributed by atoms with van der Waals surface area (Å²) in [7, 11) is 0. The number of pyridine rings is 1. The molecule has 1 nitrogen and oxygen atoms in total. The quantitative estimate of drug-likeness (QED) is 0.628. The Kier molecular flexibility index (Phi) is 3.34. The van der Waals surface area contributed by atoms with E-state index in [2.05, 4.69) is 67.4 Å². The molecule has 0 radical (unpaired) electrons. The number of hydrogen-bond acceptors (Lipinski definition) is 1. The van der Waals surface area contributed by atoms with Crippen LogP contribution in [0.4, 0.5) is 0 Å². The molecule has 0 N–H and O–H groups in total. The van der Waals surface area contributed by atoms with Gasteiger partial charge in [-0.25, -0.2) is 0 Å². The lowest BCUT2D eigenvalue weighted by atomic mass is 9.97. The van der Waals surface area contributed by atoms with Gasteiger partial charge in [0.05, 0.1) is 5.69 Å². The maximum atomic E-state index is 4.45. The van der Waals surface area contributed by atoms with Crippen LogP contribution in [0.15, 0.2) is 66.9 Å². The summed E-state index contributed by atoms with van der Waals surface area (Å²) in [5.74, 6) is 0. The fourth-order valence-corrected chi connectivity index (χ4v) is 2.46. The summed E-state index contributed by atoms with van der Waals surface area (Å²) in [6, 6.07) is 21.2. The van der Waals surface area contributed by atoms with Crippen LogP contribution in [0, 0.1) is 13.8 Å². The molecule has 0 amide bonds. The van der Waals surface area contributed by atoms with Crippen molar-refractivity contribution in [1.29, 1.82) is 0 Å². The van der Waals surface area contributed by atoms with E-state index in [0.29, 0.717) is 0 Å². The Hall–Kier alpha value is -2.41. The van der Waals surface area contributed by atoms with Gasteiger partial charge in [0.2, 0.25) is 0 Å². The summed E-state index contributed by atoms with van der Waals surface area (Å²) in [6.45, 7) is 4.25. The van der Waals surface area contributed by atoms with Gasteiger partial charge in [-0.3, -0.25) is 4.98 Å². The van der Waals surface area contributed by atoms with Crippen LogP contribution in [0.25, 0.3) is 22.4 Å². The first kappa shape index (κ1) is 12.6. The van der Waals surface area contributed by atoms with E-state index in [1.807, 2.05) is 18.3 Å². The van der Waals surface area contributed by atoms with Gasteiger partial charge >= 0.3 is 0 Å². The highest BCUT2D eigenvalue weighted by molar-refractivity contribution is 5.72. The average Bonchev–Trinajstić information content (AvgIpc) is 2.48. The van der Waals surface area contributed by atoms with Crippen molar-refractivity contribution in [2.24, 2.45) is 0 Å². The lowest BCUT2D eigenvalue weighted by molar-refractivity contribution is 1.28. The maximum Gasteiger partial charge on any atom is 0.0704 e. The van der Waals surface area contributed by atoms with E-state index >= 15 is 0 Å². The van der Waals surface area contributed by atoms with E-state index in [-0.39, 0.29) is 0 Å². The van der Waals surface area contributed by atoms with Gasteiger partial charge in [-0.2, -0.15) is 0 Å². The number of aromatic nitrogens is 1. The van der Waals surface area contributed by atoms with Crippen LogP contribution in [0.2, 0.25) is 0 Å². The molecule has 0 bridgehead atoms. The Morgan fingerprint density at radius 2 is 1.55 bits per heavy atom. The van der Waals surface area contributed by atoms with Crippen molar-refractivity contribution in [3.05, 3.63) is 78.0 Å². The molecule has 0 saturated carbocycles. The summed E-state index contributed by atoms with van der Waals surface area (Å²) in [6.07, 6.45) is 1.87. The van der Waals surface area contributed by atoms with Gasteiger partial charge in [0, 0.05) is 11.8 Å². The van der Waals surface area contributed by atoms with Crippen LogP contribution >= 0.6 is 0 Å². The molecule has 0 aliphatic rings. The molecule has 1 heteroatoms. The van der Waals surface area contributed by atoms with Crippen LogP contribution in [0.3, 0.4) is 0 Å². The minimum absolute atomic E-state index is 1.03. The molecule has 0 atom stereocenters. The average molecular weight is 259 g/mol. The summed E-state index contributed by atoms with van der Waals surface area (Å²) in [5.41, 5.74) is 7.26. The Bertz CT molecular complexity index is 730. The molecule has 0 aliphatic carbocycles. The topological polar surface area (TPSA) is 12.9 Å². The number of benzene rings is 2. The molecule has 98 valence electrons. The van der Waals surface area contributed by atoms with E-state index in [1.165, 1.54) is 27.8 Å². The zero-order chi connectivity index (χ0) is 13.9. The molecule has 0 saturated heterocycles. The molecule has 3 rings (SSSR count). The van der Waals surface area contributed by atoms with Gasteiger partial charge in [-0.1, -0.05) is 42.5 Å². The first-order valence-electron chi connectivity index (χ1n) is 6.83. The van der Waals surface area contributed by atoms with E-state index in [9.17, 15) is 0 Å². The first-order chi connectivity index (χ1) is 9.74. The lowest BCUT2D eigenvalue weighted by Crippen LogP contribution is -1.88. The van der Waals surface area contributed by atoms with Gasteiger partial charge in [0.1, 0.15) is 0 Å². The Balaban J connectivity index is 2.04. The third-order valence-corrected chi connectivity index (χ3v) is 3.52. The second-order valence-electron chi connectivity index (χ2n) is 5.11. The third-order valence-electron chi connectivity index (χ3n) is 3.52. The predicted molar refractivity (Wildman–Crippen MR) is 84.6 cm³/mol. The fraction of sp³-hybridized carbons (Fsp3) is 0.105. The SMILES string of the molecule is Cc1ccnc(-c2ccc(-c3ccccc3)c(C)c2)c1. The summed E-state index contributed by atoms with van der Waals surface area (Å²) >= 11 is 0. The van der Waals surface area contributed by atoms with Gasteiger partial charge < -0.3 is 0 Å². The van der Waals surface area contributed by atoms with Crippen molar-refractivity contribution in [3.63, 3.8) is 0 Å². The van der Waals surface area contributed by atoms with E-state index < -0.39 is 0 Å². The standard InChI is InChI=1S/C19H17N/c1-14-10-11-20-19(12-14)17-8-9-18(15(2)13-17)16-6-4-3-5-7-16/h3-13H,1-2H3. The Morgan fingerprint density at radius 1 is 0.750 bits per heavy atom. The lowest BCUT2D eigenvalue weighted by Gasteiger charge is -2.09. The van der Waals surface area contributed by atoms with Crippen LogP contribution in [-0.2, 0) is 0 Å². The van der Waals surface area contributed by atoms with Gasteiger partial charge in [-0.05, 0) is 54.3 Å². The number of hydrogen-bond donors (Lipinski definition) is 0. The fourth-order valence-electron chi connectivity index (χ4n) is 2.46. The molecular weight excluding hydrogens is 242 g/mol. The summed E-state index contributed by atoms with van der Waals surface area (Å²) in [5, 5.41) is 0. The minimum Gasteiger partial charge on any atom is -0.256 e. The minimum atomic E-state index is 1.03. The first-order valence-corrected chi connectivity index (χ1v) is 6.83. The van der Waals surface area contributed by atoms with E-state index in [0.717, 1.165) is 5.69 Å². The molecule has 0 fully saturated rings. The Morgan fingerprint density at radius 3 is 2.25 bits per heavy atom. The smallest absolute Gasteiger partial charge is 0.0704 e. The molecule has 2 aromatic carbocycles. The maximum absolute atomic E-state index is 4.45. The van der Waals surface area contributed by atoms with Gasteiger partial charge in [0.15, 0.2) is 0 Å². The largest absolute Gasteiger partial charge is 0.256 e. The van der Waals surface area contributed by atoms with Crippen molar-refractivity contribution in [2.45, 2.75) is 13.8 Å². The second-order valence-corrected chi connectivity index (χ2v) is 5.11. The molecule has 0 spiro atoms. The van der Waals surface area contributed by atoms with E-state index in [1.54, 1.807) is 0 Å². The molecular formula is C19H17N. The number of nitrogens with zero attached hydrogens (tertiary/aromatic N) is 1. The van der Waals surface area contributed by atoms with Gasteiger partial charge in [0.25, 0.3) is 0 Å². The molecule has 20 heavy (non-hydrogen) atoms. The number of aryl methyl sites for hydroxylation is 2. The molecule has 0 unspecified atom stereocenters.